The van der Waals surface area contributed by atoms with E-state index in [-0.39, 0.29) is 0 Å². The summed E-state index contributed by atoms with van der Waals surface area (Å²) in [5.41, 5.74) is 3.73. The van der Waals surface area contributed by atoms with E-state index in [0.29, 0.717) is 5.82 Å². The van der Waals surface area contributed by atoms with Gasteiger partial charge in [0.2, 0.25) is 5.82 Å². The van der Waals surface area contributed by atoms with Crippen LogP contribution in [0.5, 0.6) is 0 Å². The molecular weight excluding hydrogens is 356 g/mol. The molecule has 0 bridgehead atoms. The Morgan fingerprint density at radius 2 is 1.93 bits per heavy atom. The Kier molecular flexibility index (Phi) is 3.89. The van der Waals surface area contributed by atoms with Crippen LogP contribution in [0, 0.1) is 6.92 Å². The van der Waals surface area contributed by atoms with Crippen molar-refractivity contribution < 1.29 is 0 Å². The lowest BCUT2D eigenvalue weighted by Gasteiger charge is -2.13. The molecule has 1 fully saturated rings. The molecule has 6 nitrogen and oxygen atoms in total. The third-order valence-electron chi connectivity index (χ3n) is 5.12. The zero-order chi connectivity index (χ0) is 18.4. The Morgan fingerprint density at radius 3 is 2.70 bits per heavy atom. The molecule has 136 valence electrons. The topological polar surface area (TPSA) is 59.2 Å². The zero-order valence-corrected chi connectivity index (χ0v) is 16.2. The summed E-state index contributed by atoms with van der Waals surface area (Å²) in [7, 11) is 0. The zero-order valence-electron chi connectivity index (χ0n) is 15.4. The minimum Gasteiger partial charge on any atom is -0.363 e. The van der Waals surface area contributed by atoms with Crippen LogP contribution in [0.4, 0.5) is 5.00 Å². The van der Waals surface area contributed by atoms with Crippen LogP contribution >= 0.6 is 11.3 Å². The van der Waals surface area contributed by atoms with Crippen molar-refractivity contribution in [2.75, 3.05) is 18.0 Å². The summed E-state index contributed by atoms with van der Waals surface area (Å²) in [4.78, 5) is 8.12. The minimum atomic E-state index is 0.677. The van der Waals surface area contributed by atoms with Gasteiger partial charge in [-0.15, -0.1) is 21.5 Å². The highest BCUT2D eigenvalue weighted by atomic mass is 32.1. The van der Waals surface area contributed by atoms with Crippen molar-refractivity contribution in [2.24, 2.45) is 0 Å². The van der Waals surface area contributed by atoms with Gasteiger partial charge >= 0.3 is 0 Å². The summed E-state index contributed by atoms with van der Waals surface area (Å²) < 4.78 is 1.81. The second kappa shape index (κ2) is 6.42. The van der Waals surface area contributed by atoms with E-state index >= 15 is 0 Å². The predicted octanol–water partition coefficient (Wildman–Crippen LogP) is 3.09. The highest BCUT2D eigenvalue weighted by Gasteiger charge is 2.18. The van der Waals surface area contributed by atoms with Gasteiger partial charge < -0.3 is 4.90 Å². The van der Waals surface area contributed by atoms with E-state index in [1.165, 1.54) is 28.3 Å². The fraction of sp³-hybridized carbons (Fsp3) is 0.300. The van der Waals surface area contributed by atoms with Crippen molar-refractivity contribution in [3.8, 4) is 11.5 Å². The van der Waals surface area contributed by atoms with Crippen LogP contribution in [0.15, 0.2) is 36.5 Å². The van der Waals surface area contributed by atoms with Gasteiger partial charge in [0.05, 0.1) is 10.7 Å². The Bertz CT molecular complexity index is 1150. The fourth-order valence-electron chi connectivity index (χ4n) is 3.75. The second-order valence-corrected chi connectivity index (χ2v) is 7.95. The number of hydrogen-bond donors (Lipinski definition) is 0. The number of aryl methyl sites for hydroxylation is 1. The third-order valence-corrected chi connectivity index (χ3v) is 6.39. The van der Waals surface area contributed by atoms with Crippen molar-refractivity contribution in [2.45, 2.75) is 26.7 Å². The molecule has 0 unspecified atom stereocenters. The molecule has 0 saturated carbocycles. The van der Waals surface area contributed by atoms with Gasteiger partial charge in [-0.2, -0.15) is 9.61 Å². The molecule has 0 aliphatic carbocycles. The maximum atomic E-state index is 4.71. The Hall–Kier alpha value is -2.80. The van der Waals surface area contributed by atoms with Gasteiger partial charge in [0, 0.05) is 29.4 Å². The number of fused-ring (bicyclic) bond motifs is 1. The first-order valence-electron chi connectivity index (χ1n) is 9.21. The molecule has 1 aliphatic heterocycles. The van der Waals surface area contributed by atoms with Gasteiger partial charge in [-0.1, -0.05) is 6.07 Å². The number of nitrogens with zero attached hydrogens (tertiary/aromatic N) is 6. The second-order valence-electron chi connectivity index (χ2n) is 6.89. The van der Waals surface area contributed by atoms with Gasteiger partial charge in [-0.05, 0) is 56.5 Å². The van der Waals surface area contributed by atoms with Crippen molar-refractivity contribution in [3.63, 3.8) is 0 Å². The molecule has 4 aromatic rings. The highest BCUT2D eigenvalue weighted by molar-refractivity contribution is 7.17. The molecule has 0 atom stereocenters. The Balaban J connectivity index is 1.64. The molecule has 0 spiro atoms. The van der Waals surface area contributed by atoms with E-state index in [1.54, 1.807) is 6.20 Å². The molecule has 0 radical (unpaired) electrons. The summed E-state index contributed by atoms with van der Waals surface area (Å²) in [5, 5.41) is 15.9. The lowest BCUT2D eigenvalue weighted by molar-refractivity contribution is 0.930. The first-order chi connectivity index (χ1) is 13.2. The van der Waals surface area contributed by atoms with Gasteiger partial charge in [-0.25, -0.2) is 0 Å². The molecular formula is C20H20N6S. The number of rotatable bonds is 3. The molecule has 1 aliphatic rings. The Morgan fingerprint density at radius 1 is 1.07 bits per heavy atom. The number of anilines is 1. The number of aromatic nitrogens is 5. The van der Waals surface area contributed by atoms with Crippen molar-refractivity contribution in [1.29, 1.82) is 0 Å². The van der Waals surface area contributed by atoms with E-state index in [2.05, 4.69) is 39.1 Å². The third kappa shape index (κ3) is 2.70. The standard InChI is InChI=1S/C20H20N6S/c1-13(16-8-9-17(27-16)25-11-5-6-12-25)18-14(2)24-26-19(22-23-20(18)26)15-7-3-4-10-21-15/h3-4,7-10H,5-6,11-12H2,1-2H3. The summed E-state index contributed by atoms with van der Waals surface area (Å²) in [6, 6.07) is 10.2. The predicted molar refractivity (Wildman–Crippen MR) is 108 cm³/mol. The van der Waals surface area contributed by atoms with Crippen LogP contribution in [0.1, 0.15) is 30.3 Å². The summed E-state index contributed by atoms with van der Waals surface area (Å²) in [5.74, 6) is 0.677. The molecule has 0 N–H and O–H groups in total. The molecule has 0 amide bonds. The summed E-state index contributed by atoms with van der Waals surface area (Å²) in [6.07, 6.45) is 4.34. The van der Waals surface area contributed by atoms with Crippen molar-refractivity contribution >= 4 is 27.6 Å². The van der Waals surface area contributed by atoms with Gasteiger partial charge in [0.1, 0.15) is 5.69 Å². The average molecular weight is 376 g/mol. The van der Waals surface area contributed by atoms with Gasteiger partial charge in [0.15, 0.2) is 5.65 Å². The van der Waals surface area contributed by atoms with Crippen molar-refractivity contribution in [1.82, 2.24) is 24.8 Å². The van der Waals surface area contributed by atoms with E-state index in [9.17, 15) is 0 Å². The molecule has 5 heterocycles. The monoisotopic (exact) mass is 376 g/mol. The van der Waals surface area contributed by atoms with Crippen LogP contribution in [0.3, 0.4) is 0 Å². The molecule has 7 heteroatoms. The van der Waals surface area contributed by atoms with Crippen LogP contribution in [-0.4, -0.2) is 37.9 Å². The van der Waals surface area contributed by atoms with Gasteiger partial charge in [-0.3, -0.25) is 4.98 Å². The van der Waals surface area contributed by atoms with E-state index in [1.807, 2.05) is 41.0 Å². The first kappa shape index (κ1) is 16.4. The van der Waals surface area contributed by atoms with Crippen LogP contribution in [0.25, 0.3) is 22.7 Å². The molecule has 27 heavy (non-hydrogen) atoms. The maximum Gasteiger partial charge on any atom is 0.203 e. The molecule has 4 aromatic heterocycles. The molecule has 1 saturated heterocycles. The van der Waals surface area contributed by atoms with Crippen LogP contribution < -0.4 is 10.1 Å². The number of thiophene rings is 1. The molecule has 5 rings (SSSR count). The lowest BCUT2D eigenvalue weighted by Crippen LogP contribution is -2.15. The van der Waals surface area contributed by atoms with Crippen LogP contribution in [0.2, 0.25) is 0 Å². The smallest absolute Gasteiger partial charge is 0.203 e. The van der Waals surface area contributed by atoms with E-state index < -0.39 is 0 Å². The largest absolute Gasteiger partial charge is 0.363 e. The number of hydrogen-bond acceptors (Lipinski definition) is 6. The van der Waals surface area contributed by atoms with E-state index in [4.69, 9.17) is 5.10 Å². The lowest BCUT2D eigenvalue weighted by atomic mass is 10.2. The summed E-state index contributed by atoms with van der Waals surface area (Å²) >= 11 is 1.85. The molecule has 0 aromatic carbocycles. The maximum absolute atomic E-state index is 4.71. The van der Waals surface area contributed by atoms with Crippen molar-refractivity contribution in [3.05, 3.63) is 52.3 Å². The fourth-order valence-corrected chi connectivity index (χ4v) is 4.81. The van der Waals surface area contributed by atoms with Gasteiger partial charge in [0.25, 0.3) is 0 Å². The van der Waals surface area contributed by atoms with E-state index in [0.717, 1.165) is 35.3 Å². The highest BCUT2D eigenvalue weighted by Crippen LogP contribution is 2.32. The number of pyridine rings is 1. The minimum absolute atomic E-state index is 0.677. The average Bonchev–Trinajstić information content (AvgIpc) is 3.45. The summed E-state index contributed by atoms with van der Waals surface area (Å²) in [6.45, 7) is 6.51. The SMILES string of the molecule is CC(c1ccc(N2CCCC2)s1)=c1c(C)nn2c(-c3ccccn3)nnc12. The normalized spacial score (nSPS) is 15.7. The Labute approximate surface area is 161 Å². The van der Waals surface area contributed by atoms with Crippen LogP contribution in [-0.2, 0) is 0 Å². The first-order valence-corrected chi connectivity index (χ1v) is 10.0. The quantitative estimate of drug-likeness (QED) is 0.550.